The predicted molar refractivity (Wildman–Crippen MR) is 110 cm³/mol. The molecule has 0 spiro atoms. The van der Waals surface area contributed by atoms with E-state index >= 15 is 0 Å². The first-order valence-electron chi connectivity index (χ1n) is 9.81. The minimum Gasteiger partial charge on any atom is -0.480 e. The fourth-order valence-electron chi connectivity index (χ4n) is 2.57. The van der Waals surface area contributed by atoms with Gasteiger partial charge >= 0.3 is 5.97 Å². The molecule has 0 heterocycles. The van der Waals surface area contributed by atoms with Gasteiger partial charge in [0.15, 0.2) is 0 Å². The first-order chi connectivity index (χ1) is 15.0. The van der Waals surface area contributed by atoms with Gasteiger partial charge in [0.25, 0.3) is 0 Å². The number of rotatable bonds is 18. The Hall–Kier alpha value is -3.66. The zero-order valence-electron chi connectivity index (χ0n) is 17.1. The Labute approximate surface area is 178 Å². The molecule has 0 saturated carbocycles. The van der Waals surface area contributed by atoms with Crippen LogP contribution in [0.5, 0.6) is 0 Å². The smallest absolute Gasteiger partial charge is 0.326 e. The van der Waals surface area contributed by atoms with Gasteiger partial charge < -0.3 is 15.7 Å². The summed E-state index contributed by atoms with van der Waals surface area (Å²) in [5.74, 6) is -2.26. The molecule has 3 N–H and O–H groups in total. The number of amides is 2. The minimum absolute atomic E-state index is 0.0449. The van der Waals surface area contributed by atoms with E-state index in [0.29, 0.717) is 32.1 Å². The van der Waals surface area contributed by atoms with Gasteiger partial charge in [-0.15, -0.1) is 0 Å². The first-order valence-corrected chi connectivity index (χ1v) is 9.81. The number of nitrogens with one attached hydrogen (secondary N) is 2. The number of hydrogen-bond acceptors (Lipinski definition) is 6. The molecule has 0 aliphatic rings. The maximum Gasteiger partial charge on any atom is 0.326 e. The summed E-state index contributed by atoms with van der Waals surface area (Å²) in [4.78, 5) is 44.0. The van der Waals surface area contributed by atoms with Crippen molar-refractivity contribution in [2.24, 2.45) is 15.3 Å². The van der Waals surface area contributed by atoms with Crippen molar-refractivity contribution in [3.05, 3.63) is 31.3 Å². The maximum absolute atomic E-state index is 12.6. The molecular formula is C16H27N11O4. The van der Waals surface area contributed by atoms with E-state index in [1.807, 2.05) is 0 Å². The fraction of sp³-hybridized carbons (Fsp3) is 0.812. The van der Waals surface area contributed by atoms with Gasteiger partial charge in [0, 0.05) is 40.8 Å². The molecule has 2 amide bonds. The molecular weight excluding hydrogens is 410 g/mol. The zero-order chi connectivity index (χ0) is 23.3. The van der Waals surface area contributed by atoms with E-state index in [-0.39, 0.29) is 38.9 Å². The Kier molecular flexibility index (Phi) is 16.2. The van der Waals surface area contributed by atoms with Crippen LogP contribution in [0.15, 0.2) is 15.3 Å². The van der Waals surface area contributed by atoms with E-state index in [1.165, 1.54) is 0 Å². The molecule has 0 bridgehead atoms. The van der Waals surface area contributed by atoms with Gasteiger partial charge in [-0.3, -0.25) is 9.59 Å². The van der Waals surface area contributed by atoms with E-state index < -0.39 is 29.9 Å². The SMILES string of the molecule is [N-]=[N+]=NCCCC[C@H](NC(=O)[C@H](CCCCN=[N+]=[N-])NC(=O)CCCN=[N+]=[N-])C(=O)O. The Morgan fingerprint density at radius 1 is 0.742 bits per heavy atom. The quantitative estimate of drug-likeness (QED) is 0.126. The number of azide groups is 3. The molecule has 0 unspecified atom stereocenters. The van der Waals surface area contributed by atoms with Crippen LogP contribution in [0.3, 0.4) is 0 Å². The average Bonchev–Trinajstić information content (AvgIpc) is 2.74. The number of unbranched alkanes of at least 4 members (excludes halogenated alkanes) is 2. The standard InChI is InChI=1S/C16H27N11O4/c17-25-20-9-3-1-6-12(23-14(28)8-5-11-22-27-19)15(29)24-13(16(30)31)7-2-4-10-21-26-18/h12-13H,1-11H2,(H,23,28)(H,24,29)(H,30,31)/t12-,13-/m0/s1. The van der Waals surface area contributed by atoms with Crippen LogP contribution < -0.4 is 10.6 Å². The second-order valence-electron chi connectivity index (χ2n) is 6.48. The van der Waals surface area contributed by atoms with Crippen molar-refractivity contribution >= 4 is 17.8 Å². The van der Waals surface area contributed by atoms with Gasteiger partial charge in [-0.25, -0.2) is 4.79 Å². The highest BCUT2D eigenvalue weighted by molar-refractivity contribution is 5.90. The van der Waals surface area contributed by atoms with Crippen LogP contribution in [0.4, 0.5) is 0 Å². The molecule has 0 aliphatic heterocycles. The van der Waals surface area contributed by atoms with E-state index in [2.05, 4.69) is 40.7 Å². The molecule has 15 nitrogen and oxygen atoms in total. The van der Waals surface area contributed by atoms with E-state index in [1.54, 1.807) is 0 Å². The topological polar surface area (TPSA) is 242 Å². The van der Waals surface area contributed by atoms with Gasteiger partial charge in [0.2, 0.25) is 11.8 Å². The van der Waals surface area contributed by atoms with Crippen LogP contribution >= 0.6 is 0 Å². The van der Waals surface area contributed by atoms with Crippen LogP contribution in [-0.4, -0.2) is 54.6 Å². The number of hydrogen-bond donors (Lipinski definition) is 3. The number of carboxylic acid groups (broad SMARTS) is 1. The van der Waals surface area contributed by atoms with Crippen LogP contribution in [0.1, 0.15) is 51.4 Å². The van der Waals surface area contributed by atoms with Gasteiger partial charge in [0.05, 0.1) is 0 Å². The van der Waals surface area contributed by atoms with Crippen molar-refractivity contribution in [1.29, 1.82) is 0 Å². The van der Waals surface area contributed by atoms with Crippen LogP contribution in [-0.2, 0) is 14.4 Å². The number of nitrogens with zero attached hydrogens (tertiary/aromatic N) is 9. The van der Waals surface area contributed by atoms with Crippen molar-refractivity contribution in [2.75, 3.05) is 19.6 Å². The largest absolute Gasteiger partial charge is 0.480 e. The highest BCUT2D eigenvalue weighted by Gasteiger charge is 2.25. The summed E-state index contributed by atoms with van der Waals surface area (Å²) < 4.78 is 0. The first kappa shape index (κ1) is 27.3. The maximum atomic E-state index is 12.6. The monoisotopic (exact) mass is 437 g/mol. The summed E-state index contributed by atoms with van der Waals surface area (Å²) in [5.41, 5.74) is 24.8. The molecule has 0 saturated heterocycles. The Morgan fingerprint density at radius 2 is 1.23 bits per heavy atom. The average molecular weight is 437 g/mol. The van der Waals surface area contributed by atoms with E-state index in [9.17, 15) is 19.5 Å². The summed E-state index contributed by atoms with van der Waals surface area (Å²) in [5, 5.41) is 24.5. The lowest BCUT2D eigenvalue weighted by Crippen LogP contribution is -2.51. The Bertz CT molecular complexity index is 725. The fourth-order valence-corrected chi connectivity index (χ4v) is 2.57. The minimum atomic E-state index is -1.21. The molecule has 170 valence electrons. The third-order valence-electron chi connectivity index (χ3n) is 4.12. The van der Waals surface area contributed by atoms with Crippen LogP contribution in [0, 0.1) is 0 Å². The van der Waals surface area contributed by atoms with Gasteiger partial charge in [-0.1, -0.05) is 28.2 Å². The normalized spacial score (nSPS) is 11.6. The van der Waals surface area contributed by atoms with Crippen molar-refractivity contribution in [3.63, 3.8) is 0 Å². The second kappa shape index (κ2) is 18.4. The molecule has 0 aromatic carbocycles. The summed E-state index contributed by atoms with van der Waals surface area (Å²) >= 11 is 0. The molecule has 31 heavy (non-hydrogen) atoms. The predicted octanol–water partition coefficient (Wildman–Crippen LogP) is 3.09. The number of carbonyl (C=O) groups excluding carboxylic acids is 2. The molecule has 0 radical (unpaired) electrons. The van der Waals surface area contributed by atoms with Gasteiger partial charge in [-0.2, -0.15) is 0 Å². The summed E-state index contributed by atoms with van der Waals surface area (Å²) in [6.45, 7) is 0.619. The number of carbonyl (C=O) groups is 3. The van der Waals surface area contributed by atoms with Crippen LogP contribution in [0.2, 0.25) is 0 Å². The summed E-state index contributed by atoms with van der Waals surface area (Å²) in [6.07, 6.45) is 2.62. The van der Waals surface area contributed by atoms with E-state index in [0.717, 1.165) is 0 Å². The zero-order valence-corrected chi connectivity index (χ0v) is 17.1. The van der Waals surface area contributed by atoms with Crippen LogP contribution in [0.25, 0.3) is 31.3 Å². The lowest BCUT2D eigenvalue weighted by molar-refractivity contribution is -0.142. The Balaban J connectivity index is 4.88. The van der Waals surface area contributed by atoms with Gasteiger partial charge in [0.1, 0.15) is 12.1 Å². The molecule has 0 fully saturated rings. The molecule has 0 aliphatic carbocycles. The summed E-state index contributed by atoms with van der Waals surface area (Å²) in [6, 6.07) is -2.10. The highest BCUT2D eigenvalue weighted by atomic mass is 16.4. The third kappa shape index (κ3) is 14.9. The van der Waals surface area contributed by atoms with Crippen molar-refractivity contribution in [1.82, 2.24) is 10.6 Å². The summed E-state index contributed by atoms with van der Waals surface area (Å²) in [7, 11) is 0. The van der Waals surface area contributed by atoms with Crippen molar-refractivity contribution < 1.29 is 19.5 Å². The van der Waals surface area contributed by atoms with E-state index in [4.69, 9.17) is 16.6 Å². The molecule has 0 rings (SSSR count). The lowest BCUT2D eigenvalue weighted by Gasteiger charge is -2.21. The third-order valence-corrected chi connectivity index (χ3v) is 4.12. The highest BCUT2D eigenvalue weighted by Crippen LogP contribution is 2.07. The molecule has 0 aromatic rings. The molecule has 15 heteroatoms. The molecule has 0 aromatic heterocycles. The van der Waals surface area contributed by atoms with Crippen molar-refractivity contribution in [3.8, 4) is 0 Å². The number of carboxylic acids is 1. The number of aliphatic carboxylic acids is 1. The lowest BCUT2D eigenvalue weighted by atomic mass is 10.1. The van der Waals surface area contributed by atoms with Gasteiger partial charge in [-0.05, 0) is 48.7 Å². The Morgan fingerprint density at radius 3 is 1.71 bits per heavy atom. The van der Waals surface area contributed by atoms with Crippen molar-refractivity contribution in [2.45, 2.75) is 63.5 Å². The molecule has 2 atom stereocenters. The second-order valence-corrected chi connectivity index (χ2v) is 6.48.